The van der Waals surface area contributed by atoms with E-state index < -0.39 is 5.79 Å². The van der Waals surface area contributed by atoms with Gasteiger partial charge in [0.25, 0.3) is 0 Å². The van der Waals surface area contributed by atoms with Gasteiger partial charge in [0.2, 0.25) is 0 Å². The number of nitrogens with two attached hydrogens (primary N) is 1. The van der Waals surface area contributed by atoms with Crippen molar-refractivity contribution in [3.8, 4) is 10.6 Å². The van der Waals surface area contributed by atoms with Gasteiger partial charge in [-0.2, -0.15) is 0 Å². The van der Waals surface area contributed by atoms with E-state index in [2.05, 4.69) is 16.4 Å². The van der Waals surface area contributed by atoms with E-state index in [9.17, 15) is 5.11 Å². The summed E-state index contributed by atoms with van der Waals surface area (Å²) in [6.07, 6.45) is 0.398. The van der Waals surface area contributed by atoms with Gasteiger partial charge in [0.15, 0.2) is 5.79 Å². The topological polar surface area (TPSA) is 115 Å². The Labute approximate surface area is 184 Å². The number of aryl methyl sites for hydroxylation is 1. The van der Waals surface area contributed by atoms with Gasteiger partial charge in [0.1, 0.15) is 22.8 Å². The molecule has 0 radical (unpaired) electrons. The molecule has 4 atom stereocenters. The lowest BCUT2D eigenvalue weighted by Crippen LogP contribution is -2.35. The van der Waals surface area contributed by atoms with E-state index >= 15 is 0 Å². The predicted octanol–water partition coefficient (Wildman–Crippen LogP) is 2.83. The van der Waals surface area contributed by atoms with Crippen LogP contribution >= 0.6 is 11.3 Å². The van der Waals surface area contributed by atoms with Crippen molar-refractivity contribution >= 4 is 27.4 Å². The van der Waals surface area contributed by atoms with Crippen LogP contribution in [-0.4, -0.2) is 50.7 Å². The Morgan fingerprint density at radius 3 is 2.71 bits per heavy atom. The molecule has 3 aromatic rings. The summed E-state index contributed by atoms with van der Waals surface area (Å²) in [6.45, 7) is 6.08. The summed E-state index contributed by atoms with van der Waals surface area (Å²) in [5.74, 6) is 0.597. The number of hydrogen-bond acceptors (Lipinski definition) is 9. The second-order valence-corrected chi connectivity index (χ2v) is 9.66. The average Bonchev–Trinajstić information content (AvgIpc) is 3.38. The van der Waals surface area contributed by atoms with E-state index in [0.29, 0.717) is 11.6 Å². The maximum absolute atomic E-state index is 9.89. The molecule has 1 aliphatic carbocycles. The molecule has 2 fully saturated rings. The van der Waals surface area contributed by atoms with Gasteiger partial charge >= 0.3 is 0 Å². The highest BCUT2D eigenvalue weighted by atomic mass is 32.1. The zero-order valence-electron chi connectivity index (χ0n) is 17.8. The fraction of sp³-hybridized carbons (Fsp3) is 0.500. The molecule has 1 saturated heterocycles. The molecule has 1 saturated carbocycles. The number of anilines is 1. The first-order chi connectivity index (χ1) is 14.9. The summed E-state index contributed by atoms with van der Waals surface area (Å²) in [6, 6.07) is 8.01. The van der Waals surface area contributed by atoms with Crippen LogP contribution in [0.2, 0.25) is 0 Å². The van der Waals surface area contributed by atoms with Crippen LogP contribution in [0.25, 0.3) is 20.8 Å². The Morgan fingerprint density at radius 2 is 1.97 bits per heavy atom. The van der Waals surface area contributed by atoms with Gasteiger partial charge in [-0.1, -0.05) is 12.1 Å². The van der Waals surface area contributed by atoms with Crippen LogP contribution in [0.3, 0.4) is 0 Å². The quantitative estimate of drug-likeness (QED) is 0.554. The number of aromatic nitrogens is 3. The minimum Gasteiger partial charge on any atom is -0.396 e. The smallest absolute Gasteiger partial charge is 0.163 e. The lowest BCUT2D eigenvalue weighted by molar-refractivity contribution is -0.158. The Morgan fingerprint density at radius 1 is 1.19 bits per heavy atom. The van der Waals surface area contributed by atoms with E-state index in [4.69, 9.17) is 25.2 Å². The van der Waals surface area contributed by atoms with Gasteiger partial charge in [0, 0.05) is 12.5 Å². The minimum atomic E-state index is -0.678. The summed E-state index contributed by atoms with van der Waals surface area (Å²) in [4.78, 5) is 14.1. The lowest BCUT2D eigenvalue weighted by Gasteiger charge is -2.24. The SMILES string of the molecule is Cc1nc(CN)nc(NC2CC(CO)C3OC(C)(C)OC23)c1-c1nc2ccccc2s1. The third-order valence-corrected chi connectivity index (χ3v) is 7.02. The Kier molecular flexibility index (Phi) is 5.18. The van der Waals surface area contributed by atoms with Crippen molar-refractivity contribution in [3.63, 3.8) is 0 Å². The summed E-state index contributed by atoms with van der Waals surface area (Å²) in [5.41, 5.74) is 8.52. The fourth-order valence-electron chi connectivity index (χ4n) is 4.64. The molecule has 2 aliphatic rings. The largest absolute Gasteiger partial charge is 0.396 e. The maximum Gasteiger partial charge on any atom is 0.163 e. The molecule has 164 valence electrons. The number of nitrogens with one attached hydrogen (secondary N) is 1. The molecule has 4 unspecified atom stereocenters. The molecule has 0 amide bonds. The lowest BCUT2D eigenvalue weighted by atomic mass is 10.1. The molecule has 0 bridgehead atoms. The number of thiazole rings is 1. The van der Waals surface area contributed by atoms with Crippen molar-refractivity contribution in [3.05, 3.63) is 35.8 Å². The molecular formula is C22H27N5O3S. The highest BCUT2D eigenvalue weighted by Crippen LogP contribution is 2.43. The van der Waals surface area contributed by atoms with Gasteiger partial charge in [0.05, 0.1) is 40.2 Å². The van der Waals surface area contributed by atoms with Crippen LogP contribution in [-0.2, 0) is 16.0 Å². The first kappa shape index (κ1) is 20.7. The Bertz CT molecular complexity index is 1080. The molecule has 31 heavy (non-hydrogen) atoms. The van der Waals surface area contributed by atoms with Gasteiger partial charge < -0.3 is 25.6 Å². The molecule has 9 heteroatoms. The number of aliphatic hydroxyl groups is 1. The highest BCUT2D eigenvalue weighted by molar-refractivity contribution is 7.21. The fourth-order valence-corrected chi connectivity index (χ4v) is 5.71. The molecule has 4 N–H and O–H groups in total. The van der Waals surface area contributed by atoms with Crippen LogP contribution in [0.4, 0.5) is 5.82 Å². The molecule has 2 aromatic heterocycles. The van der Waals surface area contributed by atoms with Crippen LogP contribution < -0.4 is 11.1 Å². The zero-order chi connectivity index (χ0) is 21.8. The number of benzene rings is 1. The molecule has 1 aromatic carbocycles. The van der Waals surface area contributed by atoms with Crippen molar-refractivity contribution in [2.45, 2.75) is 57.8 Å². The standard InChI is InChI=1S/C22H27N5O3S/c1-11-17(21-26-13-6-4-5-7-15(13)31-21)20(27-16(9-23)24-11)25-14-8-12(10-28)18-19(14)30-22(2,3)29-18/h4-7,12,14,18-19,28H,8-10,23H2,1-3H3,(H,24,25,27). The highest BCUT2D eigenvalue weighted by Gasteiger charge is 2.54. The van der Waals surface area contributed by atoms with E-state index in [1.807, 2.05) is 39.0 Å². The van der Waals surface area contributed by atoms with Crippen molar-refractivity contribution in [2.24, 2.45) is 11.7 Å². The molecular weight excluding hydrogens is 414 g/mol. The van der Waals surface area contributed by atoms with Crippen molar-refractivity contribution in [1.29, 1.82) is 0 Å². The summed E-state index contributed by atoms with van der Waals surface area (Å²) in [7, 11) is 0. The first-order valence-electron chi connectivity index (χ1n) is 10.5. The van der Waals surface area contributed by atoms with E-state index in [0.717, 1.165) is 32.9 Å². The predicted molar refractivity (Wildman–Crippen MR) is 120 cm³/mol. The summed E-state index contributed by atoms with van der Waals surface area (Å²) >= 11 is 1.62. The van der Waals surface area contributed by atoms with Gasteiger partial charge in [-0.15, -0.1) is 11.3 Å². The molecule has 8 nitrogen and oxygen atoms in total. The van der Waals surface area contributed by atoms with Crippen molar-refractivity contribution in [1.82, 2.24) is 15.0 Å². The van der Waals surface area contributed by atoms with Gasteiger partial charge in [-0.3, -0.25) is 0 Å². The monoisotopic (exact) mass is 441 g/mol. The van der Waals surface area contributed by atoms with Crippen molar-refractivity contribution in [2.75, 3.05) is 11.9 Å². The Balaban J connectivity index is 1.55. The number of aliphatic hydroxyl groups excluding tert-OH is 1. The minimum absolute atomic E-state index is 0.00656. The number of rotatable bonds is 5. The van der Waals surface area contributed by atoms with E-state index in [1.54, 1.807) is 11.3 Å². The van der Waals surface area contributed by atoms with E-state index in [1.165, 1.54) is 0 Å². The number of ether oxygens (including phenoxy) is 2. The Hall–Kier alpha value is -2.17. The average molecular weight is 442 g/mol. The normalized spacial score (nSPS) is 27.0. The molecule has 3 heterocycles. The second kappa shape index (κ2) is 7.75. The second-order valence-electron chi connectivity index (χ2n) is 8.63. The van der Waals surface area contributed by atoms with Gasteiger partial charge in [-0.05, 0) is 39.3 Å². The first-order valence-corrected chi connectivity index (χ1v) is 11.4. The summed E-state index contributed by atoms with van der Waals surface area (Å²) in [5, 5.41) is 14.3. The van der Waals surface area contributed by atoms with Crippen LogP contribution in [0.15, 0.2) is 24.3 Å². The number of nitrogens with zero attached hydrogens (tertiary/aromatic N) is 3. The third-order valence-electron chi connectivity index (χ3n) is 5.96. The molecule has 5 rings (SSSR count). The number of fused-ring (bicyclic) bond motifs is 2. The van der Waals surface area contributed by atoms with Crippen LogP contribution in [0.1, 0.15) is 31.8 Å². The summed E-state index contributed by atoms with van der Waals surface area (Å²) < 4.78 is 13.4. The van der Waals surface area contributed by atoms with Gasteiger partial charge in [-0.25, -0.2) is 15.0 Å². The zero-order valence-corrected chi connectivity index (χ0v) is 18.6. The van der Waals surface area contributed by atoms with Crippen molar-refractivity contribution < 1.29 is 14.6 Å². The van der Waals surface area contributed by atoms with Crippen LogP contribution in [0.5, 0.6) is 0 Å². The maximum atomic E-state index is 9.89. The molecule has 0 spiro atoms. The third kappa shape index (κ3) is 3.70. The van der Waals surface area contributed by atoms with Crippen LogP contribution in [0, 0.1) is 12.8 Å². The van der Waals surface area contributed by atoms with E-state index in [-0.39, 0.29) is 37.3 Å². The number of hydrogen-bond donors (Lipinski definition) is 3. The molecule has 1 aliphatic heterocycles. The number of para-hydroxylation sites is 1.